The molecule has 0 saturated carbocycles. The van der Waals surface area contributed by atoms with Crippen LogP contribution in [-0.2, 0) is 16.1 Å². The maximum Gasteiger partial charge on any atom is 0.243 e. The van der Waals surface area contributed by atoms with Gasteiger partial charge in [0.25, 0.3) is 0 Å². The molecule has 0 bridgehead atoms. The molecule has 0 fully saturated rings. The number of amides is 2. The first-order valence-electron chi connectivity index (χ1n) is 9.59. The van der Waals surface area contributed by atoms with Crippen LogP contribution in [0.5, 0.6) is 0 Å². The molecule has 2 heterocycles. The number of carbonyl (C=O) groups is 2. The van der Waals surface area contributed by atoms with Gasteiger partial charge in [0.05, 0.1) is 23.6 Å². The number of imidazole rings is 1. The van der Waals surface area contributed by atoms with Crippen molar-refractivity contribution in [2.45, 2.75) is 41.2 Å². The van der Waals surface area contributed by atoms with Gasteiger partial charge in [-0.3, -0.25) is 9.59 Å². The van der Waals surface area contributed by atoms with Gasteiger partial charge in [0.1, 0.15) is 0 Å². The number of carbonyl (C=O) groups excluding carboxylic acids is 2. The molecule has 0 saturated heterocycles. The predicted octanol–water partition coefficient (Wildman–Crippen LogP) is 3.25. The van der Waals surface area contributed by atoms with E-state index < -0.39 is 0 Å². The minimum absolute atomic E-state index is 0.0690. The van der Waals surface area contributed by atoms with Crippen molar-refractivity contribution < 1.29 is 9.59 Å². The van der Waals surface area contributed by atoms with Crippen molar-refractivity contribution in [3.8, 4) is 0 Å². The van der Waals surface area contributed by atoms with Gasteiger partial charge < -0.3 is 20.4 Å². The highest BCUT2D eigenvalue weighted by molar-refractivity contribution is 5.95. The van der Waals surface area contributed by atoms with Crippen LogP contribution in [0.1, 0.15) is 35.0 Å². The summed E-state index contributed by atoms with van der Waals surface area (Å²) in [6.07, 6.45) is 1.85. The van der Waals surface area contributed by atoms with E-state index in [0.717, 1.165) is 22.7 Å². The largest absolute Gasteiger partial charge is 0.378 e. The number of hydrogen-bond donors (Lipinski definition) is 3. The van der Waals surface area contributed by atoms with Gasteiger partial charge in [-0.25, -0.2) is 4.98 Å². The monoisotopic (exact) mass is 393 g/mol. The van der Waals surface area contributed by atoms with Crippen LogP contribution >= 0.6 is 0 Å². The van der Waals surface area contributed by atoms with E-state index in [1.54, 1.807) is 0 Å². The topological polar surface area (TPSA) is 87.5 Å². The minimum atomic E-state index is -0.283. The quantitative estimate of drug-likeness (QED) is 0.600. The normalized spacial score (nSPS) is 10.8. The average Bonchev–Trinajstić information content (AvgIpc) is 2.94. The second-order valence-corrected chi connectivity index (χ2v) is 7.30. The molecule has 0 aliphatic carbocycles. The molecule has 0 aliphatic rings. The van der Waals surface area contributed by atoms with Crippen molar-refractivity contribution >= 4 is 28.8 Å². The van der Waals surface area contributed by atoms with Crippen LogP contribution in [0.15, 0.2) is 30.5 Å². The Morgan fingerprint density at radius 2 is 1.79 bits per heavy atom. The summed E-state index contributed by atoms with van der Waals surface area (Å²) in [7, 11) is 0. The van der Waals surface area contributed by atoms with Crippen LogP contribution in [-0.4, -0.2) is 27.7 Å². The maximum atomic E-state index is 12.2. The number of anilines is 2. The van der Waals surface area contributed by atoms with Crippen molar-refractivity contribution in [3.05, 3.63) is 58.5 Å². The zero-order valence-electron chi connectivity index (χ0n) is 17.5. The molecule has 29 heavy (non-hydrogen) atoms. The van der Waals surface area contributed by atoms with Crippen LogP contribution in [0.25, 0.3) is 5.65 Å². The molecule has 1 aromatic carbocycles. The molecule has 0 aliphatic heterocycles. The molecule has 0 spiro atoms. The second-order valence-electron chi connectivity index (χ2n) is 7.30. The van der Waals surface area contributed by atoms with Gasteiger partial charge in [-0.15, -0.1) is 0 Å². The summed E-state index contributed by atoms with van der Waals surface area (Å²) in [6, 6.07) is 8.13. The minimum Gasteiger partial charge on any atom is -0.378 e. The number of benzene rings is 1. The number of aromatic nitrogens is 2. The summed E-state index contributed by atoms with van der Waals surface area (Å²) in [5, 5.41) is 8.84. The first-order chi connectivity index (χ1) is 13.8. The standard InChI is InChI=1S/C22H27N5O2/c1-13-7-6-8-14(2)19(13)10-24-20-9-18(26-21(29)11-23-17(5)28)12-27-16(4)15(3)25-22(20)27/h6-9,12,24H,10-11H2,1-5H3,(H,23,28)(H,26,29). The molecular formula is C22H27N5O2. The van der Waals surface area contributed by atoms with Crippen molar-refractivity contribution in [1.29, 1.82) is 0 Å². The predicted molar refractivity (Wildman–Crippen MR) is 115 cm³/mol. The zero-order valence-corrected chi connectivity index (χ0v) is 17.5. The van der Waals surface area contributed by atoms with Crippen molar-refractivity contribution in [2.75, 3.05) is 17.2 Å². The van der Waals surface area contributed by atoms with Crippen LogP contribution in [0, 0.1) is 27.7 Å². The molecule has 7 nitrogen and oxygen atoms in total. The Bertz CT molecular complexity index is 1060. The van der Waals surface area contributed by atoms with E-state index in [2.05, 4.69) is 53.0 Å². The highest BCUT2D eigenvalue weighted by atomic mass is 16.2. The Labute approximate surface area is 170 Å². The van der Waals surface area contributed by atoms with Gasteiger partial charge in [0.15, 0.2) is 5.65 Å². The Balaban J connectivity index is 1.91. The van der Waals surface area contributed by atoms with Gasteiger partial charge in [0, 0.05) is 25.4 Å². The van der Waals surface area contributed by atoms with E-state index in [1.807, 2.05) is 30.5 Å². The first kappa shape index (κ1) is 20.4. The lowest BCUT2D eigenvalue weighted by Gasteiger charge is -2.15. The molecule has 0 radical (unpaired) electrons. The smallest absolute Gasteiger partial charge is 0.243 e. The summed E-state index contributed by atoms with van der Waals surface area (Å²) >= 11 is 0. The number of aryl methyl sites for hydroxylation is 4. The third-order valence-electron chi connectivity index (χ3n) is 5.08. The molecule has 7 heteroatoms. The van der Waals surface area contributed by atoms with Crippen LogP contribution in [0.2, 0.25) is 0 Å². The molecule has 2 aromatic heterocycles. The Morgan fingerprint density at radius 3 is 2.45 bits per heavy atom. The fourth-order valence-corrected chi connectivity index (χ4v) is 3.29. The summed E-state index contributed by atoms with van der Waals surface area (Å²) in [5.41, 5.74) is 7.92. The first-order valence-corrected chi connectivity index (χ1v) is 9.59. The average molecular weight is 393 g/mol. The fourth-order valence-electron chi connectivity index (χ4n) is 3.29. The molecule has 3 rings (SSSR count). The van der Waals surface area contributed by atoms with Crippen LogP contribution in [0.4, 0.5) is 11.4 Å². The van der Waals surface area contributed by atoms with Crippen molar-refractivity contribution in [3.63, 3.8) is 0 Å². The highest BCUT2D eigenvalue weighted by Crippen LogP contribution is 2.25. The van der Waals surface area contributed by atoms with Crippen molar-refractivity contribution in [1.82, 2.24) is 14.7 Å². The number of nitrogens with zero attached hydrogens (tertiary/aromatic N) is 2. The Kier molecular flexibility index (Phi) is 5.87. The summed E-state index contributed by atoms with van der Waals surface area (Å²) in [5.74, 6) is -0.526. The number of hydrogen-bond acceptors (Lipinski definition) is 4. The lowest BCUT2D eigenvalue weighted by Crippen LogP contribution is -2.31. The van der Waals surface area contributed by atoms with Gasteiger partial charge in [0.2, 0.25) is 11.8 Å². The SMILES string of the molecule is CC(=O)NCC(=O)Nc1cc(NCc2c(C)cccc2C)c2nc(C)c(C)n2c1. The summed E-state index contributed by atoms with van der Waals surface area (Å²) in [6.45, 7) is 10.1. The summed E-state index contributed by atoms with van der Waals surface area (Å²) in [4.78, 5) is 27.9. The van der Waals surface area contributed by atoms with E-state index in [-0.39, 0.29) is 18.4 Å². The fraction of sp³-hybridized carbons (Fsp3) is 0.318. The molecule has 3 aromatic rings. The number of fused-ring (bicyclic) bond motifs is 1. The number of nitrogens with one attached hydrogen (secondary N) is 3. The number of rotatable bonds is 6. The molecule has 152 valence electrons. The van der Waals surface area contributed by atoms with Crippen LogP contribution < -0.4 is 16.0 Å². The van der Waals surface area contributed by atoms with E-state index in [9.17, 15) is 9.59 Å². The van der Waals surface area contributed by atoms with E-state index >= 15 is 0 Å². The highest BCUT2D eigenvalue weighted by Gasteiger charge is 2.13. The molecule has 0 atom stereocenters. The summed E-state index contributed by atoms with van der Waals surface area (Å²) < 4.78 is 1.97. The van der Waals surface area contributed by atoms with Crippen molar-refractivity contribution in [2.24, 2.45) is 0 Å². The van der Waals surface area contributed by atoms with Gasteiger partial charge in [-0.1, -0.05) is 18.2 Å². The van der Waals surface area contributed by atoms with Gasteiger partial charge in [-0.05, 0) is 50.5 Å². The molecule has 2 amide bonds. The molecular weight excluding hydrogens is 366 g/mol. The molecule has 3 N–H and O–H groups in total. The zero-order chi connectivity index (χ0) is 21.1. The van der Waals surface area contributed by atoms with Crippen LogP contribution in [0.3, 0.4) is 0 Å². The maximum absolute atomic E-state index is 12.2. The lowest BCUT2D eigenvalue weighted by molar-refractivity contribution is -0.122. The van der Waals surface area contributed by atoms with E-state index in [1.165, 1.54) is 23.6 Å². The third kappa shape index (κ3) is 4.56. The van der Waals surface area contributed by atoms with E-state index in [0.29, 0.717) is 12.2 Å². The third-order valence-corrected chi connectivity index (χ3v) is 5.08. The van der Waals surface area contributed by atoms with Gasteiger partial charge in [-0.2, -0.15) is 0 Å². The Hall–Kier alpha value is -3.35. The molecule has 0 unspecified atom stereocenters. The number of pyridine rings is 1. The Morgan fingerprint density at radius 1 is 1.10 bits per heavy atom. The second kappa shape index (κ2) is 8.34. The van der Waals surface area contributed by atoms with Gasteiger partial charge >= 0.3 is 0 Å². The lowest BCUT2D eigenvalue weighted by atomic mass is 10.0. The van der Waals surface area contributed by atoms with E-state index in [4.69, 9.17) is 0 Å².